The van der Waals surface area contributed by atoms with Gasteiger partial charge in [0.05, 0.1) is 0 Å². The summed E-state index contributed by atoms with van der Waals surface area (Å²) < 4.78 is 18.2. The second-order valence-electron chi connectivity index (χ2n) is 5.12. The molecule has 0 spiro atoms. The van der Waals surface area contributed by atoms with Crippen molar-refractivity contribution >= 4 is 12.1 Å². The van der Waals surface area contributed by atoms with Crippen LogP contribution in [0.2, 0.25) is 0 Å². The number of hydrogen-bond acceptors (Lipinski definition) is 4. The van der Waals surface area contributed by atoms with Crippen molar-refractivity contribution in [3.8, 4) is 5.75 Å². The van der Waals surface area contributed by atoms with Gasteiger partial charge in [0.15, 0.2) is 0 Å². The molecule has 0 radical (unpaired) electrons. The van der Waals surface area contributed by atoms with Crippen molar-refractivity contribution < 1.29 is 28.9 Å². The van der Waals surface area contributed by atoms with Gasteiger partial charge in [-0.2, -0.15) is 0 Å². The lowest BCUT2D eigenvalue weighted by Gasteiger charge is -2.15. The van der Waals surface area contributed by atoms with E-state index in [1.807, 2.05) is 6.07 Å². The Labute approximate surface area is 137 Å². The van der Waals surface area contributed by atoms with Crippen LogP contribution in [0.4, 0.5) is 9.18 Å². The highest BCUT2D eigenvalue weighted by molar-refractivity contribution is 5.80. The minimum absolute atomic E-state index is 0.000232. The molecule has 0 aromatic heterocycles. The van der Waals surface area contributed by atoms with Gasteiger partial charge in [-0.15, -0.1) is 0 Å². The fourth-order valence-corrected chi connectivity index (χ4v) is 2.09. The van der Waals surface area contributed by atoms with Gasteiger partial charge in [-0.25, -0.2) is 14.0 Å². The number of alkyl carbamates (subject to hydrolysis) is 1. The summed E-state index contributed by atoms with van der Waals surface area (Å²) in [5.41, 5.74) is 0.998. The van der Waals surface area contributed by atoms with Crippen LogP contribution in [0.1, 0.15) is 11.1 Å². The Hall–Kier alpha value is -3.09. The molecule has 0 saturated heterocycles. The smallest absolute Gasteiger partial charge is 0.408 e. The zero-order valence-electron chi connectivity index (χ0n) is 12.6. The molecular weight excluding hydrogens is 317 g/mol. The van der Waals surface area contributed by atoms with Crippen LogP contribution in [0.3, 0.4) is 0 Å². The van der Waals surface area contributed by atoms with Crippen LogP contribution in [0.15, 0.2) is 48.5 Å². The fourth-order valence-electron chi connectivity index (χ4n) is 2.09. The van der Waals surface area contributed by atoms with E-state index in [-0.39, 0.29) is 24.3 Å². The second-order valence-corrected chi connectivity index (χ2v) is 5.12. The van der Waals surface area contributed by atoms with Gasteiger partial charge in [0.2, 0.25) is 0 Å². The van der Waals surface area contributed by atoms with Crippen molar-refractivity contribution in [1.29, 1.82) is 0 Å². The summed E-state index contributed by atoms with van der Waals surface area (Å²) in [6.07, 6.45) is -1.09. The van der Waals surface area contributed by atoms with Crippen molar-refractivity contribution in [3.05, 3.63) is 65.5 Å². The van der Waals surface area contributed by atoms with Gasteiger partial charge in [0, 0.05) is 12.5 Å². The van der Waals surface area contributed by atoms with Crippen molar-refractivity contribution in [3.63, 3.8) is 0 Å². The third-order valence-corrected chi connectivity index (χ3v) is 3.19. The van der Waals surface area contributed by atoms with E-state index in [0.29, 0.717) is 0 Å². The van der Waals surface area contributed by atoms with E-state index in [2.05, 4.69) is 5.32 Å². The van der Waals surface area contributed by atoms with E-state index in [9.17, 15) is 24.2 Å². The summed E-state index contributed by atoms with van der Waals surface area (Å²) in [7, 11) is 0. The molecule has 7 heteroatoms. The molecule has 126 valence electrons. The number of halogens is 1. The highest BCUT2D eigenvalue weighted by Crippen LogP contribution is 2.16. The van der Waals surface area contributed by atoms with Crippen molar-refractivity contribution in [1.82, 2.24) is 5.32 Å². The number of hydrogen-bond donors (Lipinski definition) is 3. The molecular formula is C17H16FNO5. The molecule has 2 aromatic carbocycles. The van der Waals surface area contributed by atoms with Crippen LogP contribution in [0.5, 0.6) is 5.75 Å². The average molecular weight is 333 g/mol. The lowest BCUT2D eigenvalue weighted by molar-refractivity contribution is -0.139. The Morgan fingerprint density at radius 2 is 1.83 bits per heavy atom. The molecule has 0 saturated carbocycles. The topological polar surface area (TPSA) is 95.9 Å². The summed E-state index contributed by atoms with van der Waals surface area (Å²) in [5, 5.41) is 20.7. The Kier molecular flexibility index (Phi) is 5.73. The molecule has 0 aliphatic rings. The molecule has 0 aliphatic heterocycles. The van der Waals surface area contributed by atoms with E-state index in [4.69, 9.17) is 4.74 Å². The van der Waals surface area contributed by atoms with Gasteiger partial charge >= 0.3 is 12.1 Å². The number of ether oxygens (including phenoxy) is 1. The van der Waals surface area contributed by atoms with Gasteiger partial charge < -0.3 is 20.3 Å². The molecule has 0 fully saturated rings. The zero-order valence-corrected chi connectivity index (χ0v) is 12.6. The Balaban J connectivity index is 1.95. The SMILES string of the molecule is O=C(NC(Cc1cc(O)cc(F)c1)C(=O)O)OCc1ccccc1. The summed E-state index contributed by atoms with van der Waals surface area (Å²) in [6.45, 7) is -0.000232. The molecule has 2 aromatic rings. The molecule has 0 heterocycles. The van der Waals surface area contributed by atoms with Crippen molar-refractivity contribution in [2.45, 2.75) is 19.1 Å². The number of aromatic hydroxyl groups is 1. The number of carbonyl (C=O) groups is 2. The van der Waals surface area contributed by atoms with Crippen molar-refractivity contribution in [2.75, 3.05) is 0 Å². The summed E-state index contributed by atoms with van der Waals surface area (Å²) >= 11 is 0. The summed E-state index contributed by atoms with van der Waals surface area (Å²) in [5.74, 6) is -2.31. The van der Waals surface area contributed by atoms with Gasteiger partial charge in [0.25, 0.3) is 0 Å². The maximum atomic E-state index is 13.2. The predicted molar refractivity (Wildman–Crippen MR) is 83.0 cm³/mol. The monoisotopic (exact) mass is 333 g/mol. The highest BCUT2D eigenvalue weighted by Gasteiger charge is 2.21. The molecule has 1 atom stereocenters. The lowest BCUT2D eigenvalue weighted by atomic mass is 10.1. The predicted octanol–water partition coefficient (Wildman–Crippen LogP) is 2.45. The zero-order chi connectivity index (χ0) is 17.5. The first-order valence-electron chi connectivity index (χ1n) is 7.12. The average Bonchev–Trinajstić information content (AvgIpc) is 2.52. The Morgan fingerprint density at radius 3 is 2.46 bits per heavy atom. The Morgan fingerprint density at radius 1 is 1.12 bits per heavy atom. The summed E-state index contributed by atoms with van der Waals surface area (Å²) in [6, 6.07) is 10.8. The van der Waals surface area contributed by atoms with E-state index in [1.165, 1.54) is 6.07 Å². The van der Waals surface area contributed by atoms with Crippen LogP contribution in [-0.4, -0.2) is 28.3 Å². The minimum Gasteiger partial charge on any atom is -0.508 e. The molecule has 0 aliphatic carbocycles. The first-order valence-corrected chi connectivity index (χ1v) is 7.12. The standard InChI is InChI=1S/C17H16FNO5/c18-13-6-12(7-14(20)9-13)8-15(16(21)22)19-17(23)24-10-11-4-2-1-3-5-11/h1-7,9,15,20H,8,10H2,(H,19,23)(H,21,22). The molecule has 1 amide bonds. The lowest BCUT2D eigenvalue weighted by Crippen LogP contribution is -2.42. The van der Waals surface area contributed by atoms with Crippen LogP contribution in [0.25, 0.3) is 0 Å². The molecule has 6 nitrogen and oxygen atoms in total. The number of amides is 1. The van der Waals surface area contributed by atoms with Crippen LogP contribution >= 0.6 is 0 Å². The van der Waals surface area contributed by atoms with Crippen LogP contribution in [-0.2, 0) is 22.6 Å². The quantitative estimate of drug-likeness (QED) is 0.755. The first kappa shape index (κ1) is 17.3. The maximum absolute atomic E-state index is 13.2. The highest BCUT2D eigenvalue weighted by atomic mass is 19.1. The molecule has 24 heavy (non-hydrogen) atoms. The number of phenols is 1. The number of nitrogens with one attached hydrogen (secondary N) is 1. The molecule has 3 N–H and O–H groups in total. The normalized spacial score (nSPS) is 11.5. The van der Waals surface area contributed by atoms with E-state index < -0.39 is 23.9 Å². The van der Waals surface area contributed by atoms with Gasteiger partial charge in [-0.1, -0.05) is 30.3 Å². The number of rotatable bonds is 6. The minimum atomic E-state index is -1.31. The number of benzene rings is 2. The van der Waals surface area contributed by atoms with Crippen LogP contribution < -0.4 is 5.32 Å². The second kappa shape index (κ2) is 7.96. The number of aliphatic carboxylic acids is 1. The third kappa shape index (κ3) is 5.28. The largest absolute Gasteiger partial charge is 0.508 e. The fraction of sp³-hybridized carbons (Fsp3) is 0.176. The number of phenolic OH excluding ortho intramolecular Hbond substituents is 1. The van der Waals surface area contributed by atoms with Gasteiger partial charge in [-0.05, 0) is 23.3 Å². The van der Waals surface area contributed by atoms with E-state index >= 15 is 0 Å². The van der Waals surface area contributed by atoms with Gasteiger partial charge in [0.1, 0.15) is 24.2 Å². The Bertz CT molecular complexity index is 700. The molecule has 1 unspecified atom stereocenters. The van der Waals surface area contributed by atoms with Gasteiger partial charge in [-0.3, -0.25) is 0 Å². The van der Waals surface area contributed by atoms with E-state index in [0.717, 1.165) is 17.7 Å². The first-order chi connectivity index (χ1) is 11.4. The number of carboxylic acid groups (broad SMARTS) is 1. The molecule has 2 rings (SSSR count). The van der Waals surface area contributed by atoms with Crippen molar-refractivity contribution in [2.24, 2.45) is 0 Å². The number of carboxylic acids is 1. The maximum Gasteiger partial charge on any atom is 0.408 e. The van der Waals surface area contributed by atoms with E-state index in [1.54, 1.807) is 24.3 Å². The summed E-state index contributed by atoms with van der Waals surface area (Å²) in [4.78, 5) is 23.0. The third-order valence-electron chi connectivity index (χ3n) is 3.19. The number of carbonyl (C=O) groups excluding carboxylic acids is 1. The van der Waals surface area contributed by atoms with Crippen LogP contribution in [0, 0.1) is 5.82 Å². The molecule has 0 bridgehead atoms.